The van der Waals surface area contributed by atoms with E-state index in [0.717, 1.165) is 42.7 Å². The number of carbonyl (C=O) groups excluding carboxylic acids is 1. The number of amides is 2. The smallest absolute Gasteiger partial charge is 0.321 e. The Kier molecular flexibility index (Phi) is 3.80. The summed E-state index contributed by atoms with van der Waals surface area (Å²) in [5, 5.41) is 13.5. The third-order valence-corrected chi connectivity index (χ3v) is 3.71. The lowest BCUT2D eigenvalue weighted by molar-refractivity contribution is 0.206. The average Bonchev–Trinajstić information content (AvgIpc) is 2.85. The first-order valence-electron chi connectivity index (χ1n) is 7.19. The quantitative estimate of drug-likeness (QED) is 0.839. The number of nitrogens with zero attached hydrogens (tertiary/aromatic N) is 3. The number of nitrogens with one attached hydrogen (secondary N) is 2. The molecule has 0 unspecified atom stereocenters. The van der Waals surface area contributed by atoms with E-state index in [0.29, 0.717) is 0 Å². The van der Waals surface area contributed by atoms with Gasteiger partial charge in [-0.05, 0) is 31.0 Å². The van der Waals surface area contributed by atoms with Gasteiger partial charge in [-0.3, -0.25) is 0 Å². The van der Waals surface area contributed by atoms with Crippen molar-refractivity contribution >= 4 is 22.8 Å². The van der Waals surface area contributed by atoms with Gasteiger partial charge in [-0.2, -0.15) is 15.4 Å². The fourth-order valence-corrected chi connectivity index (χ4v) is 2.57. The van der Waals surface area contributed by atoms with Gasteiger partial charge in [0.15, 0.2) is 0 Å². The van der Waals surface area contributed by atoms with E-state index in [1.54, 1.807) is 0 Å². The number of likely N-dealkylation sites (tertiary alicyclic amines) is 1. The molecule has 1 aliphatic heterocycles. The van der Waals surface area contributed by atoms with Crippen molar-refractivity contribution in [1.29, 1.82) is 0 Å². The summed E-state index contributed by atoms with van der Waals surface area (Å²) in [4.78, 5) is 14.2. The minimum atomic E-state index is -0.0188. The Hall–Kier alpha value is -2.11. The highest BCUT2D eigenvalue weighted by Crippen LogP contribution is 2.16. The lowest BCUT2D eigenvalue weighted by Gasteiger charge is -2.25. The summed E-state index contributed by atoms with van der Waals surface area (Å²) in [7, 11) is 0. The molecule has 3 rings (SSSR count). The second kappa shape index (κ2) is 5.90. The Morgan fingerprint density at radius 2 is 1.75 bits per heavy atom. The Balaban J connectivity index is 1.67. The van der Waals surface area contributed by atoms with Gasteiger partial charge in [0, 0.05) is 18.8 Å². The van der Waals surface area contributed by atoms with Crippen molar-refractivity contribution in [2.75, 3.05) is 18.4 Å². The van der Waals surface area contributed by atoms with Crippen molar-refractivity contribution in [3.05, 3.63) is 18.2 Å². The molecular formula is C14H19N5O. The van der Waals surface area contributed by atoms with E-state index in [-0.39, 0.29) is 6.03 Å². The molecule has 2 N–H and O–H groups in total. The van der Waals surface area contributed by atoms with Gasteiger partial charge in [0.25, 0.3) is 0 Å². The summed E-state index contributed by atoms with van der Waals surface area (Å²) in [6.45, 7) is 1.69. The summed E-state index contributed by atoms with van der Waals surface area (Å²) in [5.41, 5.74) is 2.32. The highest BCUT2D eigenvalue weighted by atomic mass is 16.2. The van der Waals surface area contributed by atoms with E-state index in [9.17, 15) is 4.79 Å². The van der Waals surface area contributed by atoms with Gasteiger partial charge >= 0.3 is 6.03 Å². The zero-order valence-electron chi connectivity index (χ0n) is 11.4. The Bertz CT molecular complexity index is 586. The maximum Gasteiger partial charge on any atom is 0.321 e. The predicted molar refractivity (Wildman–Crippen MR) is 77.6 cm³/mol. The van der Waals surface area contributed by atoms with Gasteiger partial charge in [-0.1, -0.05) is 19.3 Å². The minimum Gasteiger partial charge on any atom is -0.325 e. The van der Waals surface area contributed by atoms with Crippen LogP contribution in [0.4, 0.5) is 10.5 Å². The maximum atomic E-state index is 12.3. The van der Waals surface area contributed by atoms with E-state index >= 15 is 0 Å². The molecule has 6 nitrogen and oxygen atoms in total. The van der Waals surface area contributed by atoms with Crippen LogP contribution in [0.1, 0.15) is 32.1 Å². The van der Waals surface area contributed by atoms with Crippen molar-refractivity contribution in [1.82, 2.24) is 20.3 Å². The molecule has 2 amide bonds. The van der Waals surface area contributed by atoms with Crippen LogP contribution in [0.5, 0.6) is 0 Å². The number of H-pyrrole nitrogens is 1. The van der Waals surface area contributed by atoms with Crippen LogP contribution in [0.2, 0.25) is 0 Å². The molecule has 0 atom stereocenters. The molecular weight excluding hydrogens is 254 g/mol. The lowest BCUT2D eigenvalue weighted by atomic mass is 10.1. The number of rotatable bonds is 1. The van der Waals surface area contributed by atoms with E-state index in [1.165, 1.54) is 19.3 Å². The topological polar surface area (TPSA) is 73.9 Å². The second-order valence-electron chi connectivity index (χ2n) is 5.21. The van der Waals surface area contributed by atoms with Gasteiger partial charge in [0.1, 0.15) is 11.0 Å². The van der Waals surface area contributed by atoms with E-state index in [1.807, 2.05) is 23.1 Å². The van der Waals surface area contributed by atoms with Crippen LogP contribution in [-0.4, -0.2) is 39.4 Å². The third-order valence-electron chi connectivity index (χ3n) is 3.71. The van der Waals surface area contributed by atoms with Crippen LogP contribution in [-0.2, 0) is 0 Å². The molecule has 0 aliphatic carbocycles. The molecule has 0 bridgehead atoms. The lowest BCUT2D eigenvalue weighted by Crippen LogP contribution is -2.37. The zero-order valence-corrected chi connectivity index (χ0v) is 11.4. The fourth-order valence-electron chi connectivity index (χ4n) is 2.57. The van der Waals surface area contributed by atoms with Crippen LogP contribution in [0.3, 0.4) is 0 Å². The first-order chi connectivity index (χ1) is 9.83. The third kappa shape index (κ3) is 2.89. The number of aromatic amines is 1. The molecule has 0 spiro atoms. The van der Waals surface area contributed by atoms with Crippen molar-refractivity contribution in [3.63, 3.8) is 0 Å². The maximum absolute atomic E-state index is 12.3. The second-order valence-corrected chi connectivity index (χ2v) is 5.21. The SMILES string of the molecule is O=C(Nc1ccc2n[nH]nc2c1)N1CCCCCCC1. The van der Waals surface area contributed by atoms with Crippen molar-refractivity contribution in [2.45, 2.75) is 32.1 Å². The molecule has 1 aromatic carbocycles. The number of fused-ring (bicyclic) bond motifs is 1. The van der Waals surface area contributed by atoms with Gasteiger partial charge in [-0.25, -0.2) is 4.79 Å². The fraction of sp³-hybridized carbons (Fsp3) is 0.500. The summed E-state index contributed by atoms with van der Waals surface area (Å²) in [5.74, 6) is 0. The normalized spacial score (nSPS) is 16.7. The number of carbonyl (C=O) groups is 1. The number of benzene rings is 1. The molecule has 1 saturated heterocycles. The Morgan fingerprint density at radius 1 is 1.05 bits per heavy atom. The van der Waals surface area contributed by atoms with Crippen LogP contribution in [0.15, 0.2) is 18.2 Å². The number of aromatic nitrogens is 3. The number of urea groups is 1. The van der Waals surface area contributed by atoms with E-state index < -0.39 is 0 Å². The van der Waals surface area contributed by atoms with Crippen molar-refractivity contribution in [3.8, 4) is 0 Å². The molecule has 1 aliphatic rings. The Morgan fingerprint density at radius 3 is 2.55 bits per heavy atom. The molecule has 1 aromatic heterocycles. The van der Waals surface area contributed by atoms with Gasteiger partial charge in [0.2, 0.25) is 0 Å². The number of anilines is 1. The van der Waals surface area contributed by atoms with E-state index in [2.05, 4.69) is 20.7 Å². The molecule has 106 valence electrons. The average molecular weight is 273 g/mol. The molecule has 20 heavy (non-hydrogen) atoms. The predicted octanol–water partition coefficient (Wildman–Crippen LogP) is 2.76. The van der Waals surface area contributed by atoms with Gasteiger partial charge < -0.3 is 10.2 Å². The summed E-state index contributed by atoms with van der Waals surface area (Å²) in [6, 6.07) is 5.52. The van der Waals surface area contributed by atoms with Crippen molar-refractivity contribution in [2.24, 2.45) is 0 Å². The van der Waals surface area contributed by atoms with Crippen LogP contribution < -0.4 is 5.32 Å². The molecule has 0 saturated carbocycles. The van der Waals surface area contributed by atoms with E-state index in [4.69, 9.17) is 0 Å². The zero-order chi connectivity index (χ0) is 13.8. The largest absolute Gasteiger partial charge is 0.325 e. The molecule has 2 heterocycles. The standard InChI is InChI=1S/C14H19N5O/c20-14(19-8-4-2-1-3-5-9-19)15-11-6-7-12-13(10-11)17-18-16-12/h6-7,10H,1-5,8-9H2,(H,15,20)(H,16,17,18). The highest BCUT2D eigenvalue weighted by Gasteiger charge is 2.15. The number of hydrogen-bond donors (Lipinski definition) is 2. The summed E-state index contributed by atoms with van der Waals surface area (Å²) < 4.78 is 0. The first kappa shape index (κ1) is 12.9. The van der Waals surface area contributed by atoms with Crippen LogP contribution >= 0.6 is 0 Å². The number of hydrogen-bond acceptors (Lipinski definition) is 3. The van der Waals surface area contributed by atoms with Crippen molar-refractivity contribution < 1.29 is 4.79 Å². The molecule has 6 heteroatoms. The molecule has 2 aromatic rings. The van der Waals surface area contributed by atoms with Crippen LogP contribution in [0.25, 0.3) is 11.0 Å². The van der Waals surface area contributed by atoms with Gasteiger partial charge in [-0.15, -0.1) is 0 Å². The van der Waals surface area contributed by atoms with Gasteiger partial charge in [0.05, 0.1) is 0 Å². The molecule has 0 radical (unpaired) electrons. The molecule has 1 fully saturated rings. The monoisotopic (exact) mass is 273 g/mol. The summed E-state index contributed by atoms with van der Waals surface area (Å²) >= 11 is 0. The summed E-state index contributed by atoms with van der Waals surface area (Å²) in [6.07, 6.45) is 5.91. The minimum absolute atomic E-state index is 0.0188. The van der Waals surface area contributed by atoms with Crippen LogP contribution in [0, 0.1) is 0 Å². The highest BCUT2D eigenvalue weighted by molar-refractivity contribution is 5.91. The first-order valence-corrected chi connectivity index (χ1v) is 7.19. The Labute approximate surface area is 117 Å².